The first-order valence-corrected chi connectivity index (χ1v) is 11.2. The highest BCUT2D eigenvalue weighted by molar-refractivity contribution is 5.94. The van der Waals surface area contributed by atoms with Gasteiger partial charge in [0, 0.05) is 44.2 Å². The summed E-state index contributed by atoms with van der Waals surface area (Å²) < 4.78 is 19.0. The Morgan fingerprint density at radius 1 is 1.03 bits per heavy atom. The van der Waals surface area contributed by atoms with Crippen LogP contribution in [0.3, 0.4) is 0 Å². The van der Waals surface area contributed by atoms with Crippen molar-refractivity contribution in [2.75, 3.05) is 32.8 Å². The van der Waals surface area contributed by atoms with Gasteiger partial charge >= 0.3 is 5.97 Å². The Balaban J connectivity index is 1.59. The quantitative estimate of drug-likeness (QED) is 0.554. The van der Waals surface area contributed by atoms with Crippen LogP contribution in [0.2, 0.25) is 0 Å². The summed E-state index contributed by atoms with van der Waals surface area (Å²) in [6.07, 6.45) is 2.54. The molecule has 1 aliphatic heterocycles. The van der Waals surface area contributed by atoms with Gasteiger partial charge in [-0.05, 0) is 54.8 Å². The zero-order valence-corrected chi connectivity index (χ0v) is 18.5. The average molecular weight is 443 g/mol. The minimum Gasteiger partial charge on any atom is -0.494 e. The van der Waals surface area contributed by atoms with Crippen LogP contribution in [0.5, 0.6) is 5.75 Å². The largest absolute Gasteiger partial charge is 0.494 e. The monoisotopic (exact) mass is 442 g/mol. The Hall–Kier alpha value is -2.93. The molecule has 1 N–H and O–H groups in total. The van der Waals surface area contributed by atoms with Crippen molar-refractivity contribution in [3.63, 3.8) is 0 Å². The Bertz CT molecular complexity index is 878. The van der Waals surface area contributed by atoms with Crippen LogP contribution in [0.15, 0.2) is 48.5 Å². The fourth-order valence-electron chi connectivity index (χ4n) is 3.95. The molecule has 0 aliphatic carbocycles. The Kier molecular flexibility index (Phi) is 8.62. The van der Waals surface area contributed by atoms with Gasteiger partial charge in [-0.3, -0.25) is 14.5 Å². The molecule has 0 spiro atoms. The number of amides is 1. The second-order valence-electron chi connectivity index (χ2n) is 8.05. The van der Waals surface area contributed by atoms with E-state index in [1.807, 2.05) is 17.0 Å². The summed E-state index contributed by atoms with van der Waals surface area (Å²) in [5, 5.41) is 9.13. The number of carboxylic acid groups (broad SMARTS) is 1. The number of benzene rings is 2. The first kappa shape index (κ1) is 23.7. The summed E-state index contributed by atoms with van der Waals surface area (Å²) in [6, 6.07) is 13.4. The SMILES string of the molecule is CCCCOc1ccc(C(=O)N2CCN([C@@H](CCC(=O)O)c3ccc(F)cc3)CC2)cc1. The van der Waals surface area contributed by atoms with Gasteiger partial charge in [0.05, 0.1) is 6.61 Å². The number of carbonyl (C=O) groups excluding carboxylic acids is 1. The van der Waals surface area contributed by atoms with Gasteiger partial charge < -0.3 is 14.7 Å². The van der Waals surface area contributed by atoms with Crippen LogP contribution >= 0.6 is 0 Å². The fourth-order valence-corrected chi connectivity index (χ4v) is 3.95. The first-order valence-electron chi connectivity index (χ1n) is 11.2. The van der Waals surface area contributed by atoms with Crippen LogP contribution in [0.4, 0.5) is 4.39 Å². The zero-order chi connectivity index (χ0) is 22.9. The fraction of sp³-hybridized carbons (Fsp3) is 0.440. The van der Waals surface area contributed by atoms with Gasteiger partial charge in [-0.1, -0.05) is 25.5 Å². The maximum Gasteiger partial charge on any atom is 0.303 e. The van der Waals surface area contributed by atoms with E-state index in [1.54, 1.807) is 24.3 Å². The van der Waals surface area contributed by atoms with Crippen LogP contribution in [0, 0.1) is 5.82 Å². The first-order chi connectivity index (χ1) is 15.5. The lowest BCUT2D eigenvalue weighted by Gasteiger charge is -2.39. The molecule has 6 nitrogen and oxygen atoms in total. The smallest absolute Gasteiger partial charge is 0.303 e. The van der Waals surface area contributed by atoms with E-state index < -0.39 is 5.97 Å². The van der Waals surface area contributed by atoms with Crippen molar-refractivity contribution in [3.8, 4) is 5.75 Å². The summed E-state index contributed by atoms with van der Waals surface area (Å²) >= 11 is 0. The van der Waals surface area contributed by atoms with Gasteiger partial charge in [-0.15, -0.1) is 0 Å². The molecule has 1 atom stereocenters. The molecule has 0 saturated carbocycles. The van der Waals surface area contributed by atoms with Crippen LogP contribution < -0.4 is 4.74 Å². The molecule has 1 aliphatic rings. The van der Waals surface area contributed by atoms with Gasteiger partial charge in [0.15, 0.2) is 0 Å². The van der Waals surface area contributed by atoms with E-state index in [0.717, 1.165) is 24.2 Å². The molecule has 32 heavy (non-hydrogen) atoms. The van der Waals surface area contributed by atoms with Crippen LogP contribution in [0.25, 0.3) is 0 Å². The second-order valence-corrected chi connectivity index (χ2v) is 8.05. The Labute approximate surface area is 188 Å². The van der Waals surface area contributed by atoms with Crippen LogP contribution in [-0.4, -0.2) is 59.6 Å². The standard InChI is InChI=1S/C25H31FN2O4/c1-2-3-18-32-22-10-6-20(7-11-22)25(31)28-16-14-27(15-17-28)23(12-13-24(29)30)19-4-8-21(26)9-5-19/h4-11,23H,2-3,12-18H2,1H3,(H,29,30)/t23-/m0/s1. The third-order valence-corrected chi connectivity index (χ3v) is 5.80. The van der Waals surface area contributed by atoms with E-state index in [0.29, 0.717) is 44.8 Å². The molecule has 172 valence electrons. The minimum absolute atomic E-state index is 0.0198. The van der Waals surface area contributed by atoms with E-state index in [4.69, 9.17) is 9.84 Å². The minimum atomic E-state index is -0.854. The predicted molar refractivity (Wildman–Crippen MR) is 120 cm³/mol. The lowest BCUT2D eigenvalue weighted by atomic mass is 9.99. The van der Waals surface area contributed by atoms with E-state index in [9.17, 15) is 14.0 Å². The van der Waals surface area contributed by atoms with Crippen molar-refractivity contribution in [2.45, 2.75) is 38.6 Å². The Morgan fingerprint density at radius 2 is 1.69 bits per heavy atom. The summed E-state index contributed by atoms with van der Waals surface area (Å²) in [6.45, 7) is 5.15. The van der Waals surface area contributed by atoms with Crippen molar-refractivity contribution in [2.24, 2.45) is 0 Å². The molecule has 1 saturated heterocycles. The number of nitrogens with zero attached hydrogens (tertiary/aromatic N) is 2. The van der Waals surface area contributed by atoms with Crippen LogP contribution in [-0.2, 0) is 4.79 Å². The van der Waals surface area contributed by atoms with Crippen molar-refractivity contribution in [1.82, 2.24) is 9.80 Å². The topological polar surface area (TPSA) is 70.1 Å². The maximum atomic E-state index is 13.4. The Morgan fingerprint density at radius 3 is 2.28 bits per heavy atom. The van der Waals surface area contributed by atoms with Gasteiger partial charge in [-0.25, -0.2) is 4.39 Å². The third kappa shape index (κ3) is 6.53. The van der Waals surface area contributed by atoms with Gasteiger partial charge in [-0.2, -0.15) is 0 Å². The summed E-state index contributed by atoms with van der Waals surface area (Å²) in [5.41, 5.74) is 1.52. The molecule has 0 unspecified atom stereocenters. The molecule has 0 radical (unpaired) electrons. The number of halogens is 1. The lowest BCUT2D eigenvalue weighted by Crippen LogP contribution is -2.49. The molecule has 1 amide bonds. The predicted octanol–water partition coefficient (Wildman–Crippen LogP) is 4.37. The van der Waals surface area contributed by atoms with Crippen molar-refractivity contribution >= 4 is 11.9 Å². The summed E-state index contributed by atoms with van der Waals surface area (Å²) in [5.74, 6) is -0.426. The molecular formula is C25H31FN2O4. The average Bonchev–Trinajstić information content (AvgIpc) is 2.81. The maximum absolute atomic E-state index is 13.4. The molecule has 7 heteroatoms. The number of carbonyl (C=O) groups is 2. The van der Waals surface area contributed by atoms with Gasteiger partial charge in [0.25, 0.3) is 5.91 Å². The van der Waals surface area contributed by atoms with Gasteiger partial charge in [0.2, 0.25) is 0 Å². The second kappa shape index (κ2) is 11.6. The van der Waals surface area contributed by atoms with Crippen molar-refractivity contribution in [1.29, 1.82) is 0 Å². The molecular weight excluding hydrogens is 411 g/mol. The highest BCUT2D eigenvalue weighted by atomic mass is 19.1. The number of ether oxygens (including phenoxy) is 1. The van der Waals surface area contributed by atoms with Gasteiger partial charge in [0.1, 0.15) is 11.6 Å². The van der Waals surface area contributed by atoms with Crippen LogP contribution in [0.1, 0.15) is 54.6 Å². The van der Waals surface area contributed by atoms with Crippen molar-refractivity contribution in [3.05, 3.63) is 65.5 Å². The third-order valence-electron chi connectivity index (χ3n) is 5.80. The number of aliphatic carboxylic acids is 1. The zero-order valence-electron chi connectivity index (χ0n) is 18.5. The highest BCUT2D eigenvalue weighted by Crippen LogP contribution is 2.27. The molecule has 3 rings (SSSR count). The number of rotatable bonds is 10. The number of piperazine rings is 1. The molecule has 0 bridgehead atoms. The lowest BCUT2D eigenvalue weighted by molar-refractivity contribution is -0.137. The normalized spacial score (nSPS) is 15.4. The number of carboxylic acids is 1. The van der Waals surface area contributed by atoms with Crippen molar-refractivity contribution < 1.29 is 23.8 Å². The molecule has 1 fully saturated rings. The molecule has 2 aromatic rings. The number of hydrogen-bond acceptors (Lipinski definition) is 4. The molecule has 1 heterocycles. The molecule has 0 aromatic heterocycles. The summed E-state index contributed by atoms with van der Waals surface area (Å²) in [7, 11) is 0. The summed E-state index contributed by atoms with van der Waals surface area (Å²) in [4.78, 5) is 28.1. The van der Waals surface area contributed by atoms with E-state index in [1.165, 1.54) is 12.1 Å². The van der Waals surface area contributed by atoms with E-state index in [2.05, 4.69) is 11.8 Å². The van der Waals surface area contributed by atoms with E-state index >= 15 is 0 Å². The van der Waals surface area contributed by atoms with E-state index in [-0.39, 0.29) is 24.2 Å². The number of hydrogen-bond donors (Lipinski definition) is 1. The highest BCUT2D eigenvalue weighted by Gasteiger charge is 2.28. The molecule has 2 aromatic carbocycles. The number of unbranched alkanes of at least 4 members (excludes halogenated alkanes) is 1.